The molecule has 0 bridgehead atoms. The molecule has 0 aliphatic rings. The van der Waals surface area contributed by atoms with Crippen LogP contribution < -0.4 is 5.63 Å². The van der Waals surface area contributed by atoms with Gasteiger partial charge in [0, 0.05) is 28.8 Å². The van der Waals surface area contributed by atoms with Crippen LogP contribution in [0.2, 0.25) is 0 Å². The number of fused-ring (bicyclic) bond motifs is 1. The summed E-state index contributed by atoms with van der Waals surface area (Å²) in [6.07, 6.45) is 2.02. The Morgan fingerprint density at radius 3 is 2.64 bits per heavy atom. The summed E-state index contributed by atoms with van der Waals surface area (Å²) in [5.74, 6) is 0.416. The van der Waals surface area contributed by atoms with Gasteiger partial charge in [0.15, 0.2) is 0 Å². The number of rotatable bonds is 5. The number of esters is 1. The Balaban J connectivity index is 1.78. The third-order valence-electron chi connectivity index (χ3n) is 3.67. The number of carbonyl (C=O) groups excluding carboxylic acids is 1. The Labute approximate surface area is 148 Å². The highest BCUT2D eigenvalue weighted by Crippen LogP contribution is 2.22. The van der Waals surface area contributed by atoms with Gasteiger partial charge in [-0.05, 0) is 36.1 Å². The van der Waals surface area contributed by atoms with Gasteiger partial charge in [-0.1, -0.05) is 12.1 Å². The predicted molar refractivity (Wildman–Crippen MR) is 96.9 cm³/mol. The minimum atomic E-state index is -0.564. The lowest BCUT2D eigenvalue weighted by molar-refractivity contribution is 0.0474. The van der Waals surface area contributed by atoms with E-state index in [2.05, 4.69) is 0 Å². The van der Waals surface area contributed by atoms with E-state index in [1.807, 2.05) is 18.4 Å². The zero-order valence-corrected chi connectivity index (χ0v) is 14.3. The van der Waals surface area contributed by atoms with Gasteiger partial charge >= 0.3 is 11.6 Å². The molecule has 0 saturated carbocycles. The third kappa shape index (κ3) is 4.03. The van der Waals surface area contributed by atoms with Crippen molar-refractivity contribution in [3.8, 4) is 5.75 Å². The molecule has 3 aromatic rings. The second kappa shape index (κ2) is 7.44. The molecule has 0 aliphatic carbocycles. The number of ether oxygens (including phenoxy) is 1. The van der Waals surface area contributed by atoms with Gasteiger partial charge in [-0.25, -0.2) is 9.59 Å². The zero-order valence-electron chi connectivity index (χ0n) is 13.5. The first-order valence-corrected chi connectivity index (χ1v) is 8.97. The fourth-order valence-electron chi connectivity index (χ4n) is 2.47. The van der Waals surface area contributed by atoms with Crippen molar-refractivity contribution in [2.24, 2.45) is 0 Å². The van der Waals surface area contributed by atoms with Crippen molar-refractivity contribution in [1.82, 2.24) is 0 Å². The largest absolute Gasteiger partial charge is 0.508 e. The summed E-state index contributed by atoms with van der Waals surface area (Å²) in [6.45, 7) is -0.0573. The maximum Gasteiger partial charge on any atom is 0.338 e. The Hall–Kier alpha value is -2.73. The molecule has 1 aromatic heterocycles. The van der Waals surface area contributed by atoms with E-state index in [4.69, 9.17) is 9.15 Å². The predicted octanol–water partition coefficient (Wildman–Crippen LogP) is 3.72. The normalized spacial score (nSPS) is 10.8. The van der Waals surface area contributed by atoms with E-state index in [-0.39, 0.29) is 17.9 Å². The molecule has 5 nitrogen and oxygen atoms in total. The second-order valence-corrected chi connectivity index (χ2v) is 6.34. The van der Waals surface area contributed by atoms with Crippen LogP contribution in [0.15, 0.2) is 57.7 Å². The summed E-state index contributed by atoms with van der Waals surface area (Å²) in [7, 11) is 0. The summed E-state index contributed by atoms with van der Waals surface area (Å²) in [6, 6.07) is 13.0. The van der Waals surface area contributed by atoms with Crippen LogP contribution >= 0.6 is 11.8 Å². The molecule has 0 amide bonds. The molecule has 0 aliphatic heterocycles. The first kappa shape index (κ1) is 17.1. The quantitative estimate of drug-likeness (QED) is 0.555. The van der Waals surface area contributed by atoms with Crippen LogP contribution in [-0.2, 0) is 17.1 Å². The van der Waals surface area contributed by atoms with E-state index in [1.165, 1.54) is 18.2 Å². The van der Waals surface area contributed by atoms with Crippen LogP contribution in [0.3, 0.4) is 0 Å². The summed E-state index contributed by atoms with van der Waals surface area (Å²) in [4.78, 5) is 23.8. The number of benzene rings is 2. The van der Waals surface area contributed by atoms with Crippen molar-refractivity contribution in [3.63, 3.8) is 0 Å². The lowest BCUT2D eigenvalue weighted by Gasteiger charge is -2.08. The van der Waals surface area contributed by atoms with Gasteiger partial charge in [0.1, 0.15) is 17.9 Å². The molecule has 1 heterocycles. The molecule has 2 aromatic carbocycles. The average molecular weight is 356 g/mol. The average Bonchev–Trinajstić information content (AvgIpc) is 2.59. The summed E-state index contributed by atoms with van der Waals surface area (Å²) in [5.41, 5.74) is 1.80. The number of hydrogen-bond acceptors (Lipinski definition) is 6. The highest BCUT2D eigenvalue weighted by atomic mass is 32.2. The van der Waals surface area contributed by atoms with Gasteiger partial charge in [0.2, 0.25) is 0 Å². The Kier molecular flexibility index (Phi) is 5.09. The summed E-state index contributed by atoms with van der Waals surface area (Å²) < 4.78 is 10.4. The van der Waals surface area contributed by atoms with E-state index in [9.17, 15) is 14.7 Å². The minimum absolute atomic E-state index is 0.00451. The Bertz CT molecular complexity index is 960. The number of aromatic hydroxyl groups is 1. The molecule has 0 radical (unpaired) electrons. The second-order valence-electron chi connectivity index (χ2n) is 5.48. The molecule has 0 saturated heterocycles. The van der Waals surface area contributed by atoms with Crippen LogP contribution in [0.1, 0.15) is 21.5 Å². The molecule has 25 heavy (non-hydrogen) atoms. The lowest BCUT2D eigenvalue weighted by Crippen LogP contribution is -2.08. The number of hydrogen-bond donors (Lipinski definition) is 1. The van der Waals surface area contributed by atoms with Gasteiger partial charge in [-0.15, -0.1) is 0 Å². The van der Waals surface area contributed by atoms with E-state index in [0.29, 0.717) is 16.5 Å². The van der Waals surface area contributed by atoms with Crippen molar-refractivity contribution in [2.45, 2.75) is 12.4 Å². The smallest absolute Gasteiger partial charge is 0.338 e. The van der Waals surface area contributed by atoms with E-state index < -0.39 is 11.6 Å². The number of thioether (sulfide) groups is 1. The zero-order chi connectivity index (χ0) is 17.8. The van der Waals surface area contributed by atoms with Gasteiger partial charge < -0.3 is 14.3 Å². The molecule has 6 heteroatoms. The summed E-state index contributed by atoms with van der Waals surface area (Å²) in [5, 5.41) is 10.1. The number of phenols is 1. The Morgan fingerprint density at radius 1 is 1.16 bits per heavy atom. The van der Waals surface area contributed by atoms with Crippen molar-refractivity contribution in [2.75, 3.05) is 6.26 Å². The maximum atomic E-state index is 12.2. The first-order valence-electron chi connectivity index (χ1n) is 7.57. The van der Waals surface area contributed by atoms with Gasteiger partial charge in [-0.3, -0.25) is 0 Å². The topological polar surface area (TPSA) is 76.7 Å². The van der Waals surface area contributed by atoms with Crippen LogP contribution in [0.5, 0.6) is 5.75 Å². The number of carbonyl (C=O) groups is 1. The Morgan fingerprint density at radius 2 is 1.92 bits per heavy atom. The van der Waals surface area contributed by atoms with E-state index >= 15 is 0 Å². The van der Waals surface area contributed by atoms with Gasteiger partial charge in [0.25, 0.3) is 0 Å². The van der Waals surface area contributed by atoms with E-state index in [0.717, 1.165) is 11.3 Å². The summed E-state index contributed by atoms with van der Waals surface area (Å²) >= 11 is 1.71. The third-order valence-corrected chi connectivity index (χ3v) is 4.30. The molecule has 1 N–H and O–H groups in total. The highest BCUT2D eigenvalue weighted by molar-refractivity contribution is 7.97. The SMILES string of the molecule is CSCc1ccc(C(=O)OCc2cc(=O)oc3cc(O)ccc23)cc1. The monoisotopic (exact) mass is 356 g/mol. The van der Waals surface area contributed by atoms with Crippen molar-refractivity contribution in [1.29, 1.82) is 0 Å². The van der Waals surface area contributed by atoms with Crippen LogP contribution in [0, 0.1) is 0 Å². The fraction of sp³-hybridized carbons (Fsp3) is 0.158. The van der Waals surface area contributed by atoms with Gasteiger partial charge in [0.05, 0.1) is 5.56 Å². The molecular weight excluding hydrogens is 340 g/mol. The number of phenolic OH excluding ortho intramolecular Hbond substituents is 1. The minimum Gasteiger partial charge on any atom is -0.508 e. The lowest BCUT2D eigenvalue weighted by atomic mass is 10.1. The molecule has 0 spiro atoms. The van der Waals surface area contributed by atoms with Crippen LogP contribution in [0.25, 0.3) is 11.0 Å². The van der Waals surface area contributed by atoms with Gasteiger partial charge in [-0.2, -0.15) is 11.8 Å². The van der Waals surface area contributed by atoms with Crippen molar-refractivity contribution >= 4 is 28.7 Å². The van der Waals surface area contributed by atoms with Crippen molar-refractivity contribution < 1.29 is 19.1 Å². The molecule has 0 fully saturated rings. The molecule has 0 atom stereocenters. The molecule has 3 rings (SSSR count). The fourth-order valence-corrected chi connectivity index (χ4v) is 2.99. The maximum absolute atomic E-state index is 12.2. The first-order chi connectivity index (χ1) is 12.1. The van der Waals surface area contributed by atoms with Crippen LogP contribution in [-0.4, -0.2) is 17.3 Å². The van der Waals surface area contributed by atoms with Crippen LogP contribution in [0.4, 0.5) is 0 Å². The van der Waals surface area contributed by atoms with Crippen molar-refractivity contribution in [3.05, 3.63) is 75.6 Å². The highest BCUT2D eigenvalue weighted by Gasteiger charge is 2.11. The molecule has 128 valence electrons. The molecule has 0 unspecified atom stereocenters. The standard InChI is InChI=1S/C19H16O5S/c1-25-11-12-2-4-13(5-3-12)19(22)23-10-14-8-18(21)24-17-9-15(20)6-7-16(14)17/h2-9,20H,10-11H2,1H3. The molecular formula is C19H16O5S. The van der Waals surface area contributed by atoms with E-state index in [1.54, 1.807) is 30.0 Å².